The van der Waals surface area contributed by atoms with Crippen molar-refractivity contribution in [3.05, 3.63) is 15.6 Å². The van der Waals surface area contributed by atoms with Crippen molar-refractivity contribution in [3.63, 3.8) is 0 Å². The minimum Gasteiger partial charge on any atom is -0.370 e. The second kappa shape index (κ2) is 5.11. The number of rotatable bonds is 3. The average molecular weight is 226 g/mol. The third-order valence-electron chi connectivity index (χ3n) is 1.89. The fraction of sp³-hybridized carbons (Fsp3) is 0.600. The third-order valence-corrected chi connectivity index (χ3v) is 2.95. The van der Waals surface area contributed by atoms with Crippen molar-refractivity contribution in [2.45, 2.75) is 40.3 Å². The number of hydrogen-bond donors (Lipinski definition) is 2. The summed E-state index contributed by atoms with van der Waals surface area (Å²) in [5.74, 6) is 0.482. The summed E-state index contributed by atoms with van der Waals surface area (Å²) in [4.78, 5) is 9.86. The summed E-state index contributed by atoms with van der Waals surface area (Å²) in [6.45, 7) is 8.69. The molecule has 0 aliphatic rings. The maximum Gasteiger partial charge on any atom is 0.189 e. The topological polar surface area (TPSA) is 63.3 Å². The first kappa shape index (κ1) is 12.0. The first-order valence-corrected chi connectivity index (χ1v) is 5.80. The molecule has 1 aromatic rings. The number of aryl methyl sites for hydroxylation is 2. The van der Waals surface area contributed by atoms with Gasteiger partial charge in [0.15, 0.2) is 5.96 Å². The summed E-state index contributed by atoms with van der Waals surface area (Å²) in [6.07, 6.45) is 0. The molecule has 0 bridgehead atoms. The molecule has 0 fully saturated rings. The van der Waals surface area contributed by atoms with Crippen LogP contribution in [0.4, 0.5) is 0 Å². The summed E-state index contributed by atoms with van der Waals surface area (Å²) in [5, 5.41) is 4.05. The van der Waals surface area contributed by atoms with Gasteiger partial charge in [-0.2, -0.15) is 0 Å². The van der Waals surface area contributed by atoms with E-state index in [2.05, 4.69) is 22.2 Å². The van der Waals surface area contributed by atoms with Gasteiger partial charge in [-0.15, -0.1) is 11.3 Å². The van der Waals surface area contributed by atoms with E-state index in [0.717, 1.165) is 10.7 Å². The van der Waals surface area contributed by atoms with E-state index in [1.807, 2.05) is 20.8 Å². The molecule has 0 saturated heterocycles. The van der Waals surface area contributed by atoms with Gasteiger partial charge < -0.3 is 11.1 Å². The lowest BCUT2D eigenvalue weighted by atomic mass is 10.4. The lowest BCUT2D eigenvalue weighted by Crippen LogP contribution is -2.36. The van der Waals surface area contributed by atoms with Gasteiger partial charge in [0.05, 0.1) is 12.2 Å². The van der Waals surface area contributed by atoms with Crippen LogP contribution in [0.25, 0.3) is 0 Å². The van der Waals surface area contributed by atoms with Crippen LogP contribution in [0.15, 0.2) is 4.99 Å². The zero-order valence-electron chi connectivity index (χ0n) is 9.66. The lowest BCUT2D eigenvalue weighted by molar-refractivity contribution is 0.723. The molecule has 5 heteroatoms. The van der Waals surface area contributed by atoms with Gasteiger partial charge in [-0.25, -0.2) is 9.98 Å². The van der Waals surface area contributed by atoms with E-state index < -0.39 is 0 Å². The molecule has 1 aromatic heterocycles. The summed E-state index contributed by atoms with van der Waals surface area (Å²) in [5.41, 5.74) is 6.77. The highest BCUT2D eigenvalue weighted by atomic mass is 32.1. The van der Waals surface area contributed by atoms with E-state index in [4.69, 9.17) is 5.73 Å². The molecule has 1 rings (SSSR count). The average Bonchev–Trinajstić information content (AvgIpc) is 2.42. The number of nitrogens with one attached hydrogen (secondary N) is 1. The van der Waals surface area contributed by atoms with Gasteiger partial charge in [0.1, 0.15) is 5.01 Å². The van der Waals surface area contributed by atoms with Crippen LogP contribution < -0.4 is 11.1 Å². The van der Waals surface area contributed by atoms with Crippen LogP contribution in [0.3, 0.4) is 0 Å². The van der Waals surface area contributed by atoms with Crippen molar-refractivity contribution < 1.29 is 0 Å². The zero-order valence-corrected chi connectivity index (χ0v) is 10.5. The Bertz CT molecular complexity index is 335. The molecule has 4 nitrogen and oxygen atoms in total. The Balaban J connectivity index is 2.55. The fourth-order valence-corrected chi connectivity index (χ4v) is 1.96. The van der Waals surface area contributed by atoms with Gasteiger partial charge in [0, 0.05) is 10.9 Å². The van der Waals surface area contributed by atoms with Gasteiger partial charge >= 0.3 is 0 Å². The monoisotopic (exact) mass is 226 g/mol. The Morgan fingerprint density at radius 2 is 2.20 bits per heavy atom. The van der Waals surface area contributed by atoms with Crippen LogP contribution in [0, 0.1) is 13.8 Å². The Labute approximate surface area is 94.6 Å². The predicted molar refractivity (Wildman–Crippen MR) is 65.2 cm³/mol. The molecular formula is C10H18N4S. The minimum absolute atomic E-state index is 0.313. The minimum atomic E-state index is 0.313. The van der Waals surface area contributed by atoms with Gasteiger partial charge in [0.25, 0.3) is 0 Å². The van der Waals surface area contributed by atoms with E-state index in [1.54, 1.807) is 11.3 Å². The molecule has 0 radical (unpaired) electrons. The van der Waals surface area contributed by atoms with Crippen LogP contribution in [0.1, 0.15) is 29.4 Å². The van der Waals surface area contributed by atoms with Crippen LogP contribution in [0.2, 0.25) is 0 Å². The van der Waals surface area contributed by atoms with E-state index in [1.165, 1.54) is 4.88 Å². The summed E-state index contributed by atoms with van der Waals surface area (Å²) >= 11 is 1.67. The van der Waals surface area contributed by atoms with Crippen LogP contribution in [-0.4, -0.2) is 17.0 Å². The predicted octanol–water partition coefficient (Wildman–Crippen LogP) is 1.57. The Hall–Kier alpha value is -1.10. The van der Waals surface area contributed by atoms with Gasteiger partial charge in [-0.3, -0.25) is 0 Å². The summed E-state index contributed by atoms with van der Waals surface area (Å²) < 4.78 is 0. The second-order valence-electron chi connectivity index (χ2n) is 3.75. The van der Waals surface area contributed by atoms with E-state index in [9.17, 15) is 0 Å². The zero-order chi connectivity index (χ0) is 11.4. The molecule has 15 heavy (non-hydrogen) atoms. The van der Waals surface area contributed by atoms with Crippen molar-refractivity contribution in [2.75, 3.05) is 0 Å². The molecule has 0 spiro atoms. The Morgan fingerprint density at radius 3 is 2.67 bits per heavy atom. The SMILES string of the molecule is Cc1nc(CN=C(N)NC(C)C)sc1C. The molecule has 0 aliphatic heterocycles. The van der Waals surface area contributed by atoms with E-state index >= 15 is 0 Å². The van der Waals surface area contributed by atoms with Crippen molar-refractivity contribution in [1.29, 1.82) is 0 Å². The number of guanidine groups is 1. The van der Waals surface area contributed by atoms with Gasteiger partial charge in [-0.05, 0) is 27.7 Å². The van der Waals surface area contributed by atoms with Crippen molar-refractivity contribution in [1.82, 2.24) is 10.3 Å². The molecule has 0 aromatic carbocycles. The first-order chi connectivity index (χ1) is 6.99. The first-order valence-electron chi connectivity index (χ1n) is 4.98. The quantitative estimate of drug-likeness (QED) is 0.607. The molecule has 0 saturated carbocycles. The molecule has 0 aliphatic carbocycles. The Morgan fingerprint density at radius 1 is 1.53 bits per heavy atom. The number of hydrogen-bond acceptors (Lipinski definition) is 3. The maximum atomic E-state index is 5.68. The lowest BCUT2D eigenvalue weighted by Gasteiger charge is -2.07. The van der Waals surface area contributed by atoms with Crippen molar-refractivity contribution in [2.24, 2.45) is 10.7 Å². The van der Waals surface area contributed by atoms with Crippen LogP contribution in [0.5, 0.6) is 0 Å². The fourth-order valence-electron chi connectivity index (χ4n) is 1.10. The van der Waals surface area contributed by atoms with Gasteiger partial charge in [-0.1, -0.05) is 0 Å². The molecule has 0 unspecified atom stereocenters. The normalized spacial score (nSPS) is 12.2. The standard InChI is InChI=1S/C10H18N4S/c1-6(2)13-10(11)12-5-9-14-7(3)8(4)15-9/h6H,5H2,1-4H3,(H3,11,12,13). The number of nitrogens with two attached hydrogens (primary N) is 1. The van der Waals surface area contributed by atoms with Gasteiger partial charge in [0.2, 0.25) is 0 Å². The number of thiazole rings is 1. The second-order valence-corrected chi connectivity index (χ2v) is 5.04. The maximum absolute atomic E-state index is 5.68. The molecule has 3 N–H and O–H groups in total. The van der Waals surface area contributed by atoms with Crippen LogP contribution >= 0.6 is 11.3 Å². The highest BCUT2D eigenvalue weighted by Gasteiger charge is 2.02. The molecular weight excluding hydrogens is 208 g/mol. The smallest absolute Gasteiger partial charge is 0.189 e. The highest BCUT2D eigenvalue weighted by Crippen LogP contribution is 2.16. The van der Waals surface area contributed by atoms with Crippen LogP contribution in [-0.2, 0) is 6.54 Å². The molecule has 0 atom stereocenters. The number of aromatic nitrogens is 1. The van der Waals surface area contributed by atoms with Crippen molar-refractivity contribution in [3.8, 4) is 0 Å². The summed E-state index contributed by atoms with van der Waals surface area (Å²) in [7, 11) is 0. The molecule has 1 heterocycles. The molecule has 84 valence electrons. The number of aliphatic imine (C=N–C) groups is 1. The molecule has 0 amide bonds. The Kier molecular flexibility index (Phi) is 4.08. The largest absolute Gasteiger partial charge is 0.370 e. The third kappa shape index (κ3) is 3.87. The van der Waals surface area contributed by atoms with E-state index in [-0.39, 0.29) is 0 Å². The van der Waals surface area contributed by atoms with Crippen molar-refractivity contribution >= 4 is 17.3 Å². The number of nitrogens with zero attached hydrogens (tertiary/aromatic N) is 2. The van der Waals surface area contributed by atoms with E-state index in [0.29, 0.717) is 18.5 Å². The highest BCUT2D eigenvalue weighted by molar-refractivity contribution is 7.11. The summed E-state index contributed by atoms with van der Waals surface area (Å²) in [6, 6.07) is 0.313.